The largest absolute Gasteiger partial charge is 0.481 e. The molecule has 3 heterocycles. The number of nitrogens with zero attached hydrogens (tertiary/aromatic N) is 2. The summed E-state index contributed by atoms with van der Waals surface area (Å²) in [5, 5.41) is 23.8. The molecular weight excluding hydrogens is 394 g/mol. The fourth-order valence-electron chi connectivity index (χ4n) is 3.48. The molecule has 1 atom stereocenters. The number of nitrogens with one attached hydrogen (secondary N) is 3. The highest BCUT2D eigenvalue weighted by molar-refractivity contribution is 5.92. The number of anilines is 1. The number of aliphatic carboxylic acids is 1. The van der Waals surface area contributed by atoms with Gasteiger partial charge in [0.25, 0.3) is 0 Å². The van der Waals surface area contributed by atoms with E-state index in [2.05, 4.69) is 32.7 Å². The minimum atomic E-state index is -0.913. The summed E-state index contributed by atoms with van der Waals surface area (Å²) < 4.78 is 5.04. The van der Waals surface area contributed by atoms with Crippen LogP contribution < -0.4 is 15.4 Å². The quantitative estimate of drug-likeness (QED) is 0.408. The summed E-state index contributed by atoms with van der Waals surface area (Å²) in [5.41, 5.74) is 3.54. The van der Waals surface area contributed by atoms with Crippen molar-refractivity contribution in [3.63, 3.8) is 0 Å². The molecule has 0 unspecified atom stereocenters. The summed E-state index contributed by atoms with van der Waals surface area (Å²) in [4.78, 5) is 20.0. The van der Waals surface area contributed by atoms with Crippen molar-refractivity contribution in [3.8, 4) is 5.88 Å². The van der Waals surface area contributed by atoms with Gasteiger partial charge < -0.3 is 25.9 Å². The van der Waals surface area contributed by atoms with Gasteiger partial charge in [-0.3, -0.25) is 4.79 Å². The van der Waals surface area contributed by atoms with Crippen molar-refractivity contribution in [3.05, 3.63) is 59.6 Å². The molecule has 0 amide bonds. The lowest BCUT2D eigenvalue weighted by Crippen LogP contribution is -2.19. The second-order valence-corrected chi connectivity index (χ2v) is 7.50. The van der Waals surface area contributed by atoms with Gasteiger partial charge in [0, 0.05) is 30.2 Å². The molecular formula is C23H29N5O3. The van der Waals surface area contributed by atoms with Crippen LogP contribution in [0.15, 0.2) is 42.7 Å². The smallest absolute Gasteiger partial charge is 0.305 e. The van der Waals surface area contributed by atoms with Crippen molar-refractivity contribution in [2.45, 2.75) is 44.6 Å². The number of aryl methyl sites for hydroxylation is 2. The Balaban J connectivity index is 1.47. The summed E-state index contributed by atoms with van der Waals surface area (Å²) >= 11 is 0. The van der Waals surface area contributed by atoms with Crippen molar-refractivity contribution in [1.29, 1.82) is 5.41 Å². The van der Waals surface area contributed by atoms with Crippen molar-refractivity contribution in [2.24, 2.45) is 0 Å². The van der Waals surface area contributed by atoms with E-state index in [0.717, 1.165) is 49.3 Å². The minimum Gasteiger partial charge on any atom is -0.481 e. The molecule has 31 heavy (non-hydrogen) atoms. The van der Waals surface area contributed by atoms with E-state index in [1.807, 2.05) is 0 Å². The highest BCUT2D eigenvalue weighted by Crippen LogP contribution is 2.21. The molecule has 164 valence electrons. The van der Waals surface area contributed by atoms with E-state index in [4.69, 9.17) is 10.1 Å². The van der Waals surface area contributed by atoms with Gasteiger partial charge in [-0.15, -0.1) is 0 Å². The van der Waals surface area contributed by atoms with Gasteiger partial charge in [-0.05, 0) is 61.6 Å². The fourth-order valence-corrected chi connectivity index (χ4v) is 3.48. The highest BCUT2D eigenvalue weighted by atomic mass is 16.5. The maximum absolute atomic E-state index is 11.2. The van der Waals surface area contributed by atoms with Crippen molar-refractivity contribution in [1.82, 2.24) is 15.3 Å². The van der Waals surface area contributed by atoms with E-state index >= 15 is 0 Å². The van der Waals surface area contributed by atoms with Gasteiger partial charge in [0.1, 0.15) is 5.82 Å². The van der Waals surface area contributed by atoms with E-state index in [-0.39, 0.29) is 6.42 Å². The maximum Gasteiger partial charge on any atom is 0.305 e. The Morgan fingerprint density at radius 1 is 1.39 bits per heavy atom. The molecule has 1 aliphatic rings. The molecule has 0 aromatic carbocycles. The molecule has 0 bridgehead atoms. The molecule has 1 aliphatic heterocycles. The number of pyridine rings is 2. The van der Waals surface area contributed by atoms with Crippen LogP contribution in [0.2, 0.25) is 0 Å². The highest BCUT2D eigenvalue weighted by Gasteiger charge is 2.15. The first-order chi connectivity index (χ1) is 15.0. The number of carbonyl (C=O) groups is 1. The zero-order valence-electron chi connectivity index (χ0n) is 17.7. The Morgan fingerprint density at radius 2 is 2.26 bits per heavy atom. The second kappa shape index (κ2) is 11.1. The van der Waals surface area contributed by atoms with Gasteiger partial charge in [-0.1, -0.05) is 12.1 Å². The number of hydrogen-bond acceptors (Lipinski definition) is 7. The van der Waals surface area contributed by atoms with Crippen LogP contribution in [0.3, 0.4) is 0 Å². The maximum atomic E-state index is 11.2. The van der Waals surface area contributed by atoms with Gasteiger partial charge in [0.2, 0.25) is 5.88 Å². The zero-order valence-corrected chi connectivity index (χ0v) is 17.7. The van der Waals surface area contributed by atoms with Gasteiger partial charge in [0.05, 0.1) is 19.6 Å². The summed E-state index contributed by atoms with van der Waals surface area (Å²) in [6.45, 7) is 0.974. The second-order valence-electron chi connectivity index (χ2n) is 7.50. The van der Waals surface area contributed by atoms with Crippen LogP contribution in [0.5, 0.6) is 5.88 Å². The van der Waals surface area contributed by atoms with Crippen molar-refractivity contribution < 1.29 is 14.6 Å². The van der Waals surface area contributed by atoms with Crippen LogP contribution in [0, 0.1) is 5.41 Å². The molecule has 2 aromatic rings. The molecule has 0 fully saturated rings. The van der Waals surface area contributed by atoms with Gasteiger partial charge >= 0.3 is 5.97 Å². The number of carboxylic acids is 1. The van der Waals surface area contributed by atoms with E-state index < -0.39 is 12.0 Å². The Hall–Kier alpha value is -3.42. The molecule has 8 heteroatoms. The molecule has 0 saturated heterocycles. The number of hydrogen-bond donors (Lipinski definition) is 4. The van der Waals surface area contributed by atoms with Crippen molar-refractivity contribution in [2.75, 3.05) is 19.0 Å². The van der Waals surface area contributed by atoms with E-state index in [0.29, 0.717) is 18.0 Å². The molecule has 0 spiro atoms. The normalized spacial score (nSPS) is 13.8. The standard InChI is InChI=1S/C23H29N5O3/c1-31-21-10-8-17(15-27-21)20(14-22(29)30)25-13-11-18(24)5-2-6-19-9-7-16-4-3-12-26-23(16)28-19/h7-11,13,15,20,24-25H,2-6,12,14H2,1H3,(H,26,28)(H,29,30)/b13-11-,24-18?/t20-/m0/s1. The lowest BCUT2D eigenvalue weighted by Gasteiger charge is -2.17. The summed E-state index contributed by atoms with van der Waals surface area (Å²) in [7, 11) is 1.53. The van der Waals surface area contributed by atoms with Crippen LogP contribution >= 0.6 is 0 Å². The van der Waals surface area contributed by atoms with Gasteiger partial charge in [-0.25, -0.2) is 9.97 Å². The molecule has 4 N–H and O–H groups in total. The molecule has 2 aromatic heterocycles. The molecule has 0 saturated carbocycles. The van der Waals surface area contributed by atoms with Crippen LogP contribution in [-0.4, -0.2) is 40.4 Å². The molecule has 8 nitrogen and oxygen atoms in total. The zero-order chi connectivity index (χ0) is 22.1. The summed E-state index contributed by atoms with van der Waals surface area (Å²) in [5.74, 6) is 0.559. The lowest BCUT2D eigenvalue weighted by molar-refractivity contribution is -0.137. The van der Waals surface area contributed by atoms with Gasteiger partial charge in [-0.2, -0.15) is 0 Å². The molecule has 0 aliphatic carbocycles. The van der Waals surface area contributed by atoms with Crippen LogP contribution in [-0.2, 0) is 17.6 Å². The number of carboxylic acid groups (broad SMARTS) is 1. The Kier molecular flexibility index (Phi) is 7.98. The number of allylic oxidation sites excluding steroid dienone is 1. The van der Waals surface area contributed by atoms with Crippen LogP contribution in [0.4, 0.5) is 5.82 Å². The van der Waals surface area contributed by atoms with Crippen LogP contribution in [0.25, 0.3) is 0 Å². The van der Waals surface area contributed by atoms with Crippen LogP contribution in [0.1, 0.15) is 48.5 Å². The first-order valence-electron chi connectivity index (χ1n) is 10.5. The number of methoxy groups -OCH3 is 1. The lowest BCUT2D eigenvalue weighted by atomic mass is 10.0. The minimum absolute atomic E-state index is 0.0935. The average molecular weight is 424 g/mol. The predicted molar refractivity (Wildman–Crippen MR) is 120 cm³/mol. The number of aromatic nitrogens is 2. The fraction of sp³-hybridized carbons (Fsp3) is 0.391. The van der Waals surface area contributed by atoms with Crippen molar-refractivity contribution >= 4 is 17.5 Å². The SMILES string of the molecule is COc1ccc([C@H](CC(=O)O)N/C=C\C(=N)CCCc2ccc3c(n2)NCCC3)cn1. The average Bonchev–Trinajstić information content (AvgIpc) is 2.78. The summed E-state index contributed by atoms with van der Waals surface area (Å²) in [6, 6.07) is 7.27. The first kappa shape index (κ1) is 22.3. The predicted octanol–water partition coefficient (Wildman–Crippen LogP) is 3.51. The monoisotopic (exact) mass is 423 g/mol. The Morgan fingerprint density at radius 3 is 3.00 bits per heavy atom. The number of ether oxygens (including phenoxy) is 1. The molecule has 3 rings (SSSR count). The number of fused-ring (bicyclic) bond motifs is 1. The third kappa shape index (κ3) is 6.80. The topological polar surface area (TPSA) is 120 Å². The van der Waals surface area contributed by atoms with E-state index in [1.54, 1.807) is 30.6 Å². The third-order valence-electron chi connectivity index (χ3n) is 5.16. The first-order valence-corrected chi connectivity index (χ1v) is 10.5. The number of rotatable bonds is 11. The Labute approximate surface area is 182 Å². The van der Waals surface area contributed by atoms with Gasteiger partial charge in [0.15, 0.2) is 0 Å². The third-order valence-corrected chi connectivity index (χ3v) is 5.16. The molecule has 0 radical (unpaired) electrons. The van der Waals surface area contributed by atoms with E-state index in [9.17, 15) is 9.90 Å². The van der Waals surface area contributed by atoms with E-state index in [1.165, 1.54) is 12.7 Å². The Bertz CT molecular complexity index is 927. The summed E-state index contributed by atoms with van der Waals surface area (Å²) in [6.07, 6.45) is 9.31.